The van der Waals surface area contributed by atoms with Gasteiger partial charge in [-0.25, -0.2) is 0 Å². The fraction of sp³-hybridized carbons (Fsp3) is 0.933. The maximum Gasteiger partial charge on any atom is 0.240 e. The second-order valence-corrected chi connectivity index (χ2v) is 7.10. The van der Waals surface area contributed by atoms with E-state index < -0.39 is 0 Å². The third kappa shape index (κ3) is 3.98. The van der Waals surface area contributed by atoms with Crippen molar-refractivity contribution >= 4 is 5.91 Å². The van der Waals surface area contributed by atoms with Crippen molar-refractivity contribution in [2.24, 2.45) is 23.0 Å². The molecular formula is C15H30N2O. The van der Waals surface area contributed by atoms with Crippen molar-refractivity contribution in [3.8, 4) is 0 Å². The highest BCUT2D eigenvalue weighted by Gasteiger charge is 2.32. The minimum atomic E-state index is -0.381. The first-order chi connectivity index (χ1) is 8.23. The molecule has 1 aliphatic rings. The molecule has 3 nitrogen and oxygen atoms in total. The Morgan fingerprint density at radius 1 is 1.22 bits per heavy atom. The van der Waals surface area contributed by atoms with E-state index in [-0.39, 0.29) is 17.4 Å². The van der Waals surface area contributed by atoms with Crippen LogP contribution in [0.1, 0.15) is 53.9 Å². The summed E-state index contributed by atoms with van der Waals surface area (Å²) < 4.78 is 0. The first-order valence-corrected chi connectivity index (χ1v) is 7.28. The summed E-state index contributed by atoms with van der Waals surface area (Å²) in [5.74, 6) is 1.61. The minimum Gasteiger partial charge on any atom is -0.341 e. The largest absolute Gasteiger partial charge is 0.341 e. The minimum absolute atomic E-state index is 0.131. The zero-order chi connectivity index (χ0) is 13.9. The van der Waals surface area contributed by atoms with E-state index in [4.69, 9.17) is 5.73 Å². The average Bonchev–Trinajstić information content (AvgIpc) is 2.51. The van der Waals surface area contributed by atoms with Gasteiger partial charge in [0.15, 0.2) is 0 Å². The average molecular weight is 254 g/mol. The van der Waals surface area contributed by atoms with Crippen molar-refractivity contribution in [1.29, 1.82) is 0 Å². The molecule has 18 heavy (non-hydrogen) atoms. The smallest absolute Gasteiger partial charge is 0.240 e. The molecule has 1 aliphatic heterocycles. The maximum atomic E-state index is 12.4. The van der Waals surface area contributed by atoms with Gasteiger partial charge in [0.2, 0.25) is 5.91 Å². The number of hydrogen-bond acceptors (Lipinski definition) is 2. The lowest BCUT2D eigenvalue weighted by Gasteiger charge is -2.31. The summed E-state index contributed by atoms with van der Waals surface area (Å²) in [5, 5.41) is 0. The summed E-state index contributed by atoms with van der Waals surface area (Å²) in [4.78, 5) is 14.4. The van der Waals surface area contributed by atoms with E-state index in [1.165, 1.54) is 6.42 Å². The summed E-state index contributed by atoms with van der Waals surface area (Å²) in [5.41, 5.74) is 5.93. The van der Waals surface area contributed by atoms with Gasteiger partial charge in [0.05, 0.1) is 6.04 Å². The van der Waals surface area contributed by atoms with E-state index >= 15 is 0 Å². The Morgan fingerprint density at radius 3 is 2.33 bits per heavy atom. The molecule has 0 aliphatic carbocycles. The Morgan fingerprint density at radius 2 is 1.83 bits per heavy atom. The molecule has 1 fully saturated rings. The van der Waals surface area contributed by atoms with Crippen LogP contribution in [-0.2, 0) is 4.79 Å². The topological polar surface area (TPSA) is 46.3 Å². The third-order valence-corrected chi connectivity index (χ3v) is 4.23. The molecule has 2 atom stereocenters. The predicted octanol–water partition coefficient (Wildman–Crippen LogP) is 2.64. The Bertz CT molecular complexity index is 281. The molecule has 1 heterocycles. The SMILES string of the molecule is CC(C)C1CCCN(C(=O)[C@@H](N)C(C)(C)C)CC1. The lowest BCUT2D eigenvalue weighted by molar-refractivity contribution is -0.134. The molecular weight excluding hydrogens is 224 g/mol. The lowest BCUT2D eigenvalue weighted by Crippen LogP contribution is -2.50. The van der Waals surface area contributed by atoms with Gasteiger partial charge in [-0.1, -0.05) is 34.6 Å². The van der Waals surface area contributed by atoms with Gasteiger partial charge in [0.1, 0.15) is 0 Å². The Kier molecular flexibility index (Phi) is 5.20. The number of nitrogens with two attached hydrogens (primary N) is 1. The van der Waals surface area contributed by atoms with Crippen LogP contribution in [0.3, 0.4) is 0 Å². The van der Waals surface area contributed by atoms with Crippen LogP contribution in [0.25, 0.3) is 0 Å². The van der Waals surface area contributed by atoms with E-state index in [9.17, 15) is 4.79 Å². The van der Waals surface area contributed by atoms with E-state index in [1.54, 1.807) is 0 Å². The quantitative estimate of drug-likeness (QED) is 0.823. The van der Waals surface area contributed by atoms with Gasteiger partial charge in [-0.3, -0.25) is 4.79 Å². The number of hydrogen-bond donors (Lipinski definition) is 1. The van der Waals surface area contributed by atoms with Crippen LogP contribution < -0.4 is 5.73 Å². The van der Waals surface area contributed by atoms with E-state index in [0.29, 0.717) is 0 Å². The third-order valence-electron chi connectivity index (χ3n) is 4.23. The lowest BCUT2D eigenvalue weighted by atomic mass is 9.86. The van der Waals surface area contributed by atoms with Crippen LogP contribution in [0.4, 0.5) is 0 Å². The highest BCUT2D eigenvalue weighted by Crippen LogP contribution is 2.26. The monoisotopic (exact) mass is 254 g/mol. The molecule has 0 radical (unpaired) electrons. The van der Waals surface area contributed by atoms with Crippen LogP contribution >= 0.6 is 0 Å². The first kappa shape index (κ1) is 15.5. The molecule has 1 rings (SSSR count). The maximum absolute atomic E-state index is 12.4. The van der Waals surface area contributed by atoms with E-state index in [2.05, 4.69) is 13.8 Å². The summed E-state index contributed by atoms with van der Waals surface area (Å²) in [6.45, 7) is 12.4. The zero-order valence-corrected chi connectivity index (χ0v) is 12.7. The van der Waals surface area contributed by atoms with Crippen LogP contribution in [0, 0.1) is 17.3 Å². The molecule has 1 unspecified atom stereocenters. The number of nitrogens with zero attached hydrogens (tertiary/aromatic N) is 1. The standard InChI is InChI=1S/C15H30N2O/c1-11(2)12-7-6-9-17(10-8-12)14(18)13(16)15(3,4)5/h11-13H,6-10,16H2,1-5H3/t12?,13-/m1/s1. The molecule has 3 heteroatoms. The van der Waals surface area contributed by atoms with Gasteiger partial charge < -0.3 is 10.6 Å². The first-order valence-electron chi connectivity index (χ1n) is 7.28. The molecule has 0 bridgehead atoms. The van der Waals surface area contributed by atoms with Gasteiger partial charge in [0.25, 0.3) is 0 Å². The fourth-order valence-corrected chi connectivity index (χ4v) is 2.58. The molecule has 0 saturated carbocycles. The van der Waals surface area contributed by atoms with Crippen molar-refractivity contribution in [2.45, 2.75) is 59.9 Å². The summed E-state index contributed by atoms with van der Waals surface area (Å²) in [6, 6.07) is -0.381. The summed E-state index contributed by atoms with van der Waals surface area (Å²) in [7, 11) is 0. The summed E-state index contributed by atoms with van der Waals surface area (Å²) >= 11 is 0. The van der Waals surface area contributed by atoms with Crippen molar-refractivity contribution in [2.75, 3.05) is 13.1 Å². The molecule has 106 valence electrons. The van der Waals surface area contributed by atoms with Gasteiger partial charge >= 0.3 is 0 Å². The Balaban J connectivity index is 2.60. The Labute approximate surface area is 112 Å². The van der Waals surface area contributed by atoms with Crippen LogP contribution in [0.15, 0.2) is 0 Å². The highest BCUT2D eigenvalue weighted by molar-refractivity contribution is 5.82. The van der Waals surface area contributed by atoms with Gasteiger partial charge in [0, 0.05) is 13.1 Å². The molecule has 2 N–H and O–H groups in total. The van der Waals surface area contributed by atoms with E-state index in [0.717, 1.165) is 37.8 Å². The zero-order valence-electron chi connectivity index (χ0n) is 12.7. The van der Waals surface area contributed by atoms with Crippen LogP contribution in [0.5, 0.6) is 0 Å². The number of amides is 1. The number of carbonyl (C=O) groups excluding carboxylic acids is 1. The van der Waals surface area contributed by atoms with Gasteiger partial charge in [-0.15, -0.1) is 0 Å². The van der Waals surface area contributed by atoms with Crippen LogP contribution in [0.2, 0.25) is 0 Å². The predicted molar refractivity (Wildman–Crippen MR) is 76.2 cm³/mol. The van der Waals surface area contributed by atoms with E-state index in [1.807, 2.05) is 25.7 Å². The molecule has 0 spiro atoms. The molecule has 1 amide bonds. The second kappa shape index (κ2) is 6.05. The van der Waals surface area contributed by atoms with Crippen molar-refractivity contribution < 1.29 is 4.79 Å². The molecule has 0 aromatic rings. The van der Waals surface area contributed by atoms with Crippen molar-refractivity contribution in [3.63, 3.8) is 0 Å². The van der Waals surface area contributed by atoms with Crippen molar-refractivity contribution in [1.82, 2.24) is 4.90 Å². The summed E-state index contributed by atoms with van der Waals surface area (Å²) in [6.07, 6.45) is 3.48. The number of likely N-dealkylation sites (tertiary alicyclic amines) is 1. The Hall–Kier alpha value is -0.570. The second-order valence-electron chi connectivity index (χ2n) is 7.10. The fourth-order valence-electron chi connectivity index (χ4n) is 2.58. The molecule has 0 aromatic heterocycles. The number of carbonyl (C=O) groups is 1. The van der Waals surface area contributed by atoms with Gasteiger partial charge in [-0.05, 0) is 36.5 Å². The normalized spacial score (nSPS) is 23.9. The molecule has 1 saturated heterocycles. The van der Waals surface area contributed by atoms with Gasteiger partial charge in [-0.2, -0.15) is 0 Å². The van der Waals surface area contributed by atoms with Crippen LogP contribution in [-0.4, -0.2) is 29.9 Å². The number of rotatable bonds is 2. The van der Waals surface area contributed by atoms with Crippen molar-refractivity contribution in [3.05, 3.63) is 0 Å². The molecule has 0 aromatic carbocycles. The highest BCUT2D eigenvalue weighted by atomic mass is 16.2.